The monoisotopic (exact) mass is 259 g/mol. The summed E-state index contributed by atoms with van der Waals surface area (Å²) in [5, 5.41) is 12.3. The summed E-state index contributed by atoms with van der Waals surface area (Å²) in [6.07, 6.45) is 2.96. The van der Waals surface area contributed by atoms with Crippen molar-refractivity contribution in [3.63, 3.8) is 0 Å². The number of carboxylic acids is 1. The lowest BCUT2D eigenvalue weighted by molar-refractivity contribution is -0.144. The lowest BCUT2D eigenvalue weighted by Crippen LogP contribution is -2.46. The minimum absolute atomic E-state index is 0.163. The van der Waals surface area contributed by atoms with E-state index in [1.807, 2.05) is 18.2 Å². The first kappa shape index (κ1) is 12.2. The van der Waals surface area contributed by atoms with Gasteiger partial charge in [-0.15, -0.1) is 0 Å². The van der Waals surface area contributed by atoms with Gasteiger partial charge < -0.3 is 10.4 Å². The van der Waals surface area contributed by atoms with Crippen molar-refractivity contribution in [2.75, 3.05) is 0 Å². The molecule has 2 bridgehead atoms. The smallest absolute Gasteiger partial charge is 0.308 e. The Morgan fingerprint density at radius 1 is 1.11 bits per heavy atom. The van der Waals surface area contributed by atoms with E-state index in [-0.39, 0.29) is 17.9 Å². The van der Waals surface area contributed by atoms with Crippen LogP contribution in [0.15, 0.2) is 30.3 Å². The first-order valence-corrected chi connectivity index (χ1v) is 6.75. The number of carboxylic acid groups (broad SMARTS) is 1. The molecule has 1 aromatic rings. The van der Waals surface area contributed by atoms with Gasteiger partial charge in [0, 0.05) is 11.6 Å². The van der Waals surface area contributed by atoms with E-state index in [0.717, 1.165) is 19.3 Å². The third kappa shape index (κ3) is 2.11. The molecule has 2 N–H and O–H groups in total. The fraction of sp³-hybridized carbons (Fsp3) is 0.467. The van der Waals surface area contributed by atoms with Crippen molar-refractivity contribution in [3.05, 3.63) is 35.9 Å². The molecule has 2 fully saturated rings. The van der Waals surface area contributed by atoms with Crippen molar-refractivity contribution in [1.29, 1.82) is 0 Å². The maximum Gasteiger partial charge on any atom is 0.308 e. The molecule has 0 radical (unpaired) electrons. The zero-order valence-electron chi connectivity index (χ0n) is 10.6. The summed E-state index contributed by atoms with van der Waals surface area (Å²) in [4.78, 5) is 23.5. The Morgan fingerprint density at radius 3 is 2.47 bits per heavy atom. The van der Waals surface area contributed by atoms with Crippen LogP contribution in [-0.4, -0.2) is 23.0 Å². The van der Waals surface area contributed by atoms with Crippen LogP contribution in [0, 0.1) is 17.8 Å². The molecular weight excluding hydrogens is 242 g/mol. The topological polar surface area (TPSA) is 66.4 Å². The molecule has 0 unspecified atom stereocenters. The minimum atomic E-state index is -0.773. The normalized spacial score (nSPS) is 32.2. The Kier molecular flexibility index (Phi) is 3.01. The Labute approximate surface area is 111 Å². The van der Waals surface area contributed by atoms with E-state index in [9.17, 15) is 14.7 Å². The van der Waals surface area contributed by atoms with Crippen molar-refractivity contribution in [2.45, 2.75) is 25.3 Å². The number of fused-ring (bicyclic) bond motifs is 2. The summed E-state index contributed by atoms with van der Waals surface area (Å²) in [6, 6.07) is 8.77. The van der Waals surface area contributed by atoms with Gasteiger partial charge in [0.15, 0.2) is 0 Å². The SMILES string of the molecule is O=C(N[C@@H]1[C@H]2CC[C@@H](C2)[C@@H]1C(=O)O)c1ccccc1. The lowest BCUT2D eigenvalue weighted by atomic mass is 9.84. The van der Waals surface area contributed by atoms with Crippen molar-refractivity contribution in [3.8, 4) is 0 Å². The average Bonchev–Trinajstić information content (AvgIpc) is 3.00. The number of hydrogen-bond donors (Lipinski definition) is 2. The van der Waals surface area contributed by atoms with Crippen molar-refractivity contribution >= 4 is 11.9 Å². The number of carbonyl (C=O) groups excluding carboxylic acids is 1. The van der Waals surface area contributed by atoms with Gasteiger partial charge in [-0.05, 0) is 43.2 Å². The third-order valence-corrected chi connectivity index (χ3v) is 4.54. The molecule has 3 rings (SSSR count). The summed E-state index contributed by atoms with van der Waals surface area (Å²) in [5.41, 5.74) is 0.592. The van der Waals surface area contributed by atoms with E-state index in [1.165, 1.54) is 0 Å². The predicted molar refractivity (Wildman–Crippen MR) is 69.7 cm³/mol. The molecule has 2 aliphatic rings. The Balaban J connectivity index is 1.76. The largest absolute Gasteiger partial charge is 0.481 e. The molecule has 4 nitrogen and oxygen atoms in total. The van der Waals surface area contributed by atoms with Gasteiger partial charge >= 0.3 is 5.97 Å². The summed E-state index contributed by atoms with van der Waals surface area (Å²) in [7, 11) is 0. The first-order chi connectivity index (χ1) is 9.16. The Hall–Kier alpha value is -1.84. The van der Waals surface area contributed by atoms with Crippen LogP contribution in [-0.2, 0) is 4.79 Å². The van der Waals surface area contributed by atoms with Crippen LogP contribution in [0.3, 0.4) is 0 Å². The fourth-order valence-electron chi connectivity index (χ4n) is 3.68. The van der Waals surface area contributed by atoms with Crippen LogP contribution in [0.1, 0.15) is 29.6 Å². The second kappa shape index (κ2) is 4.68. The van der Waals surface area contributed by atoms with Gasteiger partial charge in [-0.1, -0.05) is 18.2 Å². The van der Waals surface area contributed by atoms with Crippen LogP contribution in [0.5, 0.6) is 0 Å². The van der Waals surface area contributed by atoms with Gasteiger partial charge in [0.05, 0.1) is 5.92 Å². The van der Waals surface area contributed by atoms with Gasteiger partial charge in [-0.25, -0.2) is 0 Å². The second-order valence-electron chi connectivity index (χ2n) is 5.56. The van der Waals surface area contributed by atoms with Crippen LogP contribution in [0.4, 0.5) is 0 Å². The number of nitrogens with one attached hydrogen (secondary N) is 1. The molecule has 0 saturated heterocycles. The van der Waals surface area contributed by atoms with Gasteiger partial charge in [-0.3, -0.25) is 9.59 Å². The van der Waals surface area contributed by atoms with Crippen LogP contribution in [0.2, 0.25) is 0 Å². The molecule has 0 spiro atoms. The second-order valence-corrected chi connectivity index (χ2v) is 5.56. The highest BCUT2D eigenvalue weighted by Gasteiger charge is 2.51. The summed E-state index contributed by atoms with van der Waals surface area (Å²) < 4.78 is 0. The quantitative estimate of drug-likeness (QED) is 0.871. The standard InChI is InChI=1S/C15H17NO3/c17-14(9-4-2-1-3-5-9)16-13-11-7-6-10(8-11)12(13)15(18)19/h1-5,10-13H,6-8H2,(H,16,17)(H,18,19)/t10-,11-,12-,13+/m0/s1. The highest BCUT2D eigenvalue weighted by atomic mass is 16.4. The number of benzene rings is 1. The van der Waals surface area contributed by atoms with E-state index >= 15 is 0 Å². The van der Waals surface area contributed by atoms with E-state index in [2.05, 4.69) is 5.32 Å². The van der Waals surface area contributed by atoms with Crippen LogP contribution < -0.4 is 5.32 Å². The predicted octanol–water partition coefficient (Wildman–Crippen LogP) is 1.92. The molecule has 2 saturated carbocycles. The lowest BCUT2D eigenvalue weighted by Gasteiger charge is -2.28. The number of carbonyl (C=O) groups is 2. The summed E-state index contributed by atoms with van der Waals surface area (Å²) in [5.74, 6) is -0.774. The molecule has 4 atom stereocenters. The Morgan fingerprint density at radius 2 is 1.79 bits per heavy atom. The molecule has 0 aromatic heterocycles. The fourth-order valence-corrected chi connectivity index (χ4v) is 3.68. The van der Waals surface area contributed by atoms with Crippen LogP contribution in [0.25, 0.3) is 0 Å². The molecule has 2 aliphatic carbocycles. The average molecular weight is 259 g/mol. The molecule has 1 aromatic carbocycles. The highest BCUT2D eigenvalue weighted by Crippen LogP contribution is 2.48. The van der Waals surface area contributed by atoms with E-state index in [4.69, 9.17) is 0 Å². The summed E-state index contributed by atoms with van der Waals surface area (Å²) in [6.45, 7) is 0. The van der Waals surface area contributed by atoms with Gasteiger partial charge in [-0.2, -0.15) is 0 Å². The van der Waals surface area contributed by atoms with E-state index < -0.39 is 11.9 Å². The van der Waals surface area contributed by atoms with Gasteiger partial charge in [0.2, 0.25) is 0 Å². The Bertz CT molecular complexity index is 499. The third-order valence-electron chi connectivity index (χ3n) is 4.54. The maximum atomic E-state index is 12.1. The zero-order valence-corrected chi connectivity index (χ0v) is 10.6. The molecule has 4 heteroatoms. The van der Waals surface area contributed by atoms with E-state index in [0.29, 0.717) is 11.5 Å². The highest BCUT2D eigenvalue weighted by molar-refractivity contribution is 5.94. The summed E-state index contributed by atoms with van der Waals surface area (Å²) >= 11 is 0. The van der Waals surface area contributed by atoms with Gasteiger partial charge in [0.25, 0.3) is 5.91 Å². The number of aliphatic carboxylic acids is 1. The molecular formula is C15H17NO3. The maximum absolute atomic E-state index is 12.1. The molecule has 100 valence electrons. The van der Waals surface area contributed by atoms with Crippen molar-refractivity contribution in [1.82, 2.24) is 5.32 Å². The van der Waals surface area contributed by atoms with Crippen LogP contribution >= 0.6 is 0 Å². The molecule has 1 amide bonds. The number of rotatable bonds is 3. The van der Waals surface area contributed by atoms with Gasteiger partial charge in [0.1, 0.15) is 0 Å². The van der Waals surface area contributed by atoms with Crippen molar-refractivity contribution < 1.29 is 14.7 Å². The number of amides is 1. The first-order valence-electron chi connectivity index (χ1n) is 6.75. The molecule has 0 aliphatic heterocycles. The van der Waals surface area contributed by atoms with Crippen molar-refractivity contribution in [2.24, 2.45) is 17.8 Å². The molecule has 0 heterocycles. The van der Waals surface area contributed by atoms with E-state index in [1.54, 1.807) is 12.1 Å². The molecule has 19 heavy (non-hydrogen) atoms. The minimum Gasteiger partial charge on any atom is -0.481 e. The zero-order chi connectivity index (χ0) is 13.4. The number of hydrogen-bond acceptors (Lipinski definition) is 2.